The van der Waals surface area contributed by atoms with Crippen LogP contribution in [0, 0.1) is 5.82 Å². The van der Waals surface area contributed by atoms with Crippen molar-refractivity contribution in [3.05, 3.63) is 64.2 Å². The molecule has 3 aromatic rings. The number of fused-ring (bicyclic) bond motifs is 1. The highest BCUT2D eigenvalue weighted by Crippen LogP contribution is 2.27. The first-order chi connectivity index (χ1) is 11.0. The highest BCUT2D eigenvalue weighted by Gasteiger charge is 2.15. The molecule has 0 fully saturated rings. The fourth-order valence-corrected chi connectivity index (χ4v) is 2.55. The van der Waals surface area contributed by atoms with Gasteiger partial charge in [-0.05, 0) is 36.4 Å². The average Bonchev–Trinajstić information content (AvgIpc) is 2.93. The number of oxazole rings is 1. The Hall–Kier alpha value is -2.47. The van der Waals surface area contributed by atoms with Crippen LogP contribution in [-0.2, 0) is 4.79 Å². The summed E-state index contributed by atoms with van der Waals surface area (Å²) in [5.74, 6) is -1.32. The molecule has 2 aromatic carbocycles. The molecule has 1 aromatic heterocycles. The van der Waals surface area contributed by atoms with E-state index in [-0.39, 0.29) is 17.9 Å². The zero-order valence-corrected chi connectivity index (χ0v) is 13.4. The largest absolute Gasteiger partial charge is 0.481 e. The minimum absolute atomic E-state index is 0.174. The predicted octanol–water partition coefficient (Wildman–Crippen LogP) is 4.74. The van der Waals surface area contributed by atoms with Gasteiger partial charge in [0.25, 0.3) is 0 Å². The lowest BCUT2D eigenvalue weighted by molar-refractivity contribution is -0.135. The quantitative estimate of drug-likeness (QED) is 0.714. The molecular weight excluding hydrogens is 365 g/mol. The van der Waals surface area contributed by atoms with E-state index in [0.717, 1.165) is 0 Å². The first-order valence-electron chi connectivity index (χ1n) is 6.76. The first kappa shape index (κ1) is 15.4. The molecule has 0 amide bonds. The molecule has 0 radical (unpaired) electrons. The normalized spacial score (nSPS) is 11.8. The molecule has 0 unspecified atom stereocenters. The highest BCUT2D eigenvalue weighted by atomic mass is 79.9. The molecule has 4 nitrogen and oxygen atoms in total. The Labute approximate surface area is 139 Å². The number of carbonyl (C=O) groups is 1. The van der Waals surface area contributed by atoms with E-state index >= 15 is 0 Å². The van der Waals surface area contributed by atoms with E-state index in [1.54, 1.807) is 30.3 Å². The van der Waals surface area contributed by atoms with Gasteiger partial charge in [0.2, 0.25) is 5.89 Å². The SMILES string of the molecule is O=C(O)C/C(=C/c1cc(Br)ccc1F)c1nc2ccccc2o1. The standard InChI is InChI=1S/C17H11BrFNO3/c18-12-5-6-13(19)10(8-12)7-11(9-16(21)22)17-20-14-3-1-2-4-15(14)23-17/h1-8H,9H2,(H,21,22)/b11-7-. The number of hydrogen-bond acceptors (Lipinski definition) is 3. The van der Waals surface area contributed by atoms with E-state index in [9.17, 15) is 9.18 Å². The van der Waals surface area contributed by atoms with Gasteiger partial charge in [0, 0.05) is 15.6 Å². The summed E-state index contributed by atoms with van der Waals surface area (Å²) in [6, 6.07) is 11.6. The van der Waals surface area contributed by atoms with Crippen LogP contribution in [0.5, 0.6) is 0 Å². The maximum atomic E-state index is 13.9. The Balaban J connectivity index is 2.11. The average molecular weight is 376 g/mol. The number of para-hydroxylation sites is 2. The Morgan fingerprint density at radius 2 is 2.09 bits per heavy atom. The molecule has 0 aliphatic carbocycles. The summed E-state index contributed by atoms with van der Waals surface area (Å²) in [4.78, 5) is 15.4. The molecule has 0 atom stereocenters. The van der Waals surface area contributed by atoms with Gasteiger partial charge in [0.1, 0.15) is 11.3 Å². The zero-order valence-electron chi connectivity index (χ0n) is 11.8. The van der Waals surface area contributed by atoms with Crippen LogP contribution in [0.4, 0.5) is 4.39 Å². The Bertz CT molecular complexity index is 884. The van der Waals surface area contributed by atoms with Crippen LogP contribution < -0.4 is 0 Å². The molecule has 0 spiro atoms. The molecule has 0 saturated heterocycles. The van der Waals surface area contributed by atoms with E-state index in [2.05, 4.69) is 20.9 Å². The van der Waals surface area contributed by atoms with Crippen molar-refractivity contribution in [2.75, 3.05) is 0 Å². The van der Waals surface area contributed by atoms with E-state index in [0.29, 0.717) is 21.1 Å². The van der Waals surface area contributed by atoms with Gasteiger partial charge in [-0.2, -0.15) is 0 Å². The van der Waals surface area contributed by atoms with Gasteiger partial charge in [0.05, 0.1) is 6.42 Å². The summed E-state index contributed by atoms with van der Waals surface area (Å²) in [5.41, 5.74) is 1.73. The van der Waals surface area contributed by atoms with Crippen molar-refractivity contribution in [2.24, 2.45) is 0 Å². The van der Waals surface area contributed by atoms with Crippen LogP contribution in [0.3, 0.4) is 0 Å². The van der Waals surface area contributed by atoms with Gasteiger partial charge in [-0.15, -0.1) is 0 Å². The zero-order chi connectivity index (χ0) is 16.4. The third-order valence-corrected chi connectivity index (χ3v) is 3.69. The molecule has 1 N–H and O–H groups in total. The minimum atomic E-state index is -1.05. The summed E-state index contributed by atoms with van der Waals surface area (Å²) < 4.78 is 20.2. The van der Waals surface area contributed by atoms with Crippen molar-refractivity contribution in [1.29, 1.82) is 0 Å². The number of aromatic nitrogens is 1. The van der Waals surface area contributed by atoms with E-state index < -0.39 is 11.8 Å². The maximum Gasteiger partial charge on any atom is 0.308 e. The summed E-state index contributed by atoms with van der Waals surface area (Å²) in [6.07, 6.45) is 1.12. The second-order valence-electron chi connectivity index (χ2n) is 4.89. The summed E-state index contributed by atoms with van der Waals surface area (Å²) >= 11 is 3.27. The highest BCUT2D eigenvalue weighted by molar-refractivity contribution is 9.10. The van der Waals surface area contributed by atoms with Crippen molar-refractivity contribution < 1.29 is 18.7 Å². The van der Waals surface area contributed by atoms with Crippen molar-refractivity contribution in [3.63, 3.8) is 0 Å². The van der Waals surface area contributed by atoms with Gasteiger partial charge in [-0.25, -0.2) is 9.37 Å². The van der Waals surface area contributed by atoms with Crippen LogP contribution in [0.2, 0.25) is 0 Å². The smallest absolute Gasteiger partial charge is 0.308 e. The lowest BCUT2D eigenvalue weighted by atomic mass is 10.1. The van der Waals surface area contributed by atoms with Crippen molar-refractivity contribution in [1.82, 2.24) is 4.98 Å². The number of rotatable bonds is 4. The maximum absolute atomic E-state index is 13.9. The van der Waals surface area contributed by atoms with Gasteiger partial charge in [0.15, 0.2) is 5.58 Å². The lowest BCUT2D eigenvalue weighted by Crippen LogP contribution is -1.98. The molecule has 6 heteroatoms. The van der Waals surface area contributed by atoms with Gasteiger partial charge in [-0.1, -0.05) is 28.1 Å². The van der Waals surface area contributed by atoms with Crippen molar-refractivity contribution >= 4 is 44.6 Å². The number of carboxylic acid groups (broad SMARTS) is 1. The Kier molecular flexibility index (Phi) is 4.25. The first-order valence-corrected chi connectivity index (χ1v) is 7.55. The Morgan fingerprint density at radius 1 is 1.30 bits per heavy atom. The molecule has 23 heavy (non-hydrogen) atoms. The predicted molar refractivity (Wildman–Crippen MR) is 88.2 cm³/mol. The van der Waals surface area contributed by atoms with Crippen LogP contribution in [0.15, 0.2) is 51.4 Å². The van der Waals surface area contributed by atoms with E-state index in [1.807, 2.05) is 6.07 Å². The summed E-state index contributed by atoms with van der Waals surface area (Å²) in [7, 11) is 0. The van der Waals surface area contributed by atoms with Crippen LogP contribution in [-0.4, -0.2) is 16.1 Å². The van der Waals surface area contributed by atoms with E-state index in [1.165, 1.54) is 12.1 Å². The third-order valence-electron chi connectivity index (χ3n) is 3.20. The molecule has 0 aliphatic heterocycles. The molecule has 1 heterocycles. The molecule has 0 aliphatic rings. The minimum Gasteiger partial charge on any atom is -0.481 e. The Morgan fingerprint density at radius 3 is 2.83 bits per heavy atom. The number of nitrogens with zero attached hydrogens (tertiary/aromatic N) is 1. The number of aliphatic carboxylic acids is 1. The molecule has 0 bridgehead atoms. The van der Waals surface area contributed by atoms with Crippen molar-refractivity contribution in [2.45, 2.75) is 6.42 Å². The second-order valence-corrected chi connectivity index (χ2v) is 5.81. The van der Waals surface area contributed by atoms with Crippen LogP contribution in [0.25, 0.3) is 22.7 Å². The van der Waals surface area contributed by atoms with Gasteiger partial charge >= 0.3 is 5.97 Å². The van der Waals surface area contributed by atoms with E-state index in [4.69, 9.17) is 9.52 Å². The number of halogens is 2. The monoisotopic (exact) mass is 375 g/mol. The summed E-state index contributed by atoms with van der Waals surface area (Å²) in [5, 5.41) is 9.11. The van der Waals surface area contributed by atoms with Crippen molar-refractivity contribution in [3.8, 4) is 0 Å². The second kappa shape index (κ2) is 6.34. The number of benzene rings is 2. The number of hydrogen-bond donors (Lipinski definition) is 1. The van der Waals surface area contributed by atoms with Crippen LogP contribution >= 0.6 is 15.9 Å². The third kappa shape index (κ3) is 3.48. The van der Waals surface area contributed by atoms with Crippen LogP contribution in [0.1, 0.15) is 17.9 Å². The van der Waals surface area contributed by atoms with Gasteiger partial charge in [-0.3, -0.25) is 4.79 Å². The lowest BCUT2D eigenvalue weighted by Gasteiger charge is -2.03. The molecule has 0 saturated carbocycles. The fraction of sp³-hybridized carbons (Fsp3) is 0.0588. The molecule has 3 rings (SSSR count). The summed E-state index contributed by atoms with van der Waals surface area (Å²) in [6.45, 7) is 0. The molecule has 116 valence electrons. The molecular formula is C17H11BrFNO3. The van der Waals surface area contributed by atoms with Gasteiger partial charge < -0.3 is 9.52 Å². The topological polar surface area (TPSA) is 63.3 Å². The number of carboxylic acids is 1. The fourth-order valence-electron chi connectivity index (χ4n) is 2.17.